The van der Waals surface area contributed by atoms with Crippen LogP contribution >= 0.6 is 11.6 Å². The number of hydrogen-bond acceptors (Lipinski definition) is 3. The molecule has 1 amide bonds. The zero-order valence-electron chi connectivity index (χ0n) is 15.3. The van der Waals surface area contributed by atoms with Gasteiger partial charge in [0.2, 0.25) is 0 Å². The van der Waals surface area contributed by atoms with Crippen molar-refractivity contribution in [2.75, 3.05) is 13.2 Å². The Bertz CT molecular complexity index is 1000. The highest BCUT2D eigenvalue weighted by atomic mass is 35.5. The molecule has 0 aliphatic carbocycles. The van der Waals surface area contributed by atoms with Crippen molar-refractivity contribution in [1.29, 1.82) is 0 Å². The Balaban J connectivity index is 1.71. The third-order valence-electron chi connectivity index (χ3n) is 5.05. The molecule has 0 atom stereocenters. The highest BCUT2D eigenvalue weighted by Gasteiger charge is 2.21. The van der Waals surface area contributed by atoms with Crippen molar-refractivity contribution in [3.8, 4) is 0 Å². The molecule has 1 saturated heterocycles. The van der Waals surface area contributed by atoms with Gasteiger partial charge in [0.25, 0.3) is 5.91 Å². The van der Waals surface area contributed by atoms with Crippen LogP contribution in [-0.4, -0.2) is 30.1 Å². The average molecular weight is 399 g/mol. The van der Waals surface area contributed by atoms with Crippen LogP contribution < -0.4 is 5.32 Å². The van der Waals surface area contributed by atoms with Crippen LogP contribution in [0.5, 0.6) is 0 Å². The molecule has 144 valence electrons. The van der Waals surface area contributed by atoms with Gasteiger partial charge in [0, 0.05) is 30.8 Å². The summed E-state index contributed by atoms with van der Waals surface area (Å²) in [4.78, 5) is 16.9. The molecule has 1 fully saturated rings. The molecule has 4 rings (SSSR count). The molecule has 0 radical (unpaired) electrons. The molecule has 4 nitrogen and oxygen atoms in total. The topological polar surface area (TPSA) is 51.2 Å². The number of fused-ring (bicyclic) bond motifs is 1. The SMILES string of the molecule is O=C(NC1CCOCC1)c1cc(Cc2ccc(Cl)nc2)c2ccccc2c1F. The van der Waals surface area contributed by atoms with Crippen molar-refractivity contribution in [2.24, 2.45) is 0 Å². The van der Waals surface area contributed by atoms with E-state index in [1.165, 1.54) is 0 Å². The highest BCUT2D eigenvalue weighted by molar-refractivity contribution is 6.29. The summed E-state index contributed by atoms with van der Waals surface area (Å²) in [6.07, 6.45) is 3.71. The van der Waals surface area contributed by atoms with Gasteiger partial charge in [-0.1, -0.05) is 41.9 Å². The Kier molecular flexibility index (Phi) is 5.55. The normalized spacial score (nSPS) is 14.9. The van der Waals surface area contributed by atoms with E-state index in [0.29, 0.717) is 30.2 Å². The molecule has 1 aliphatic heterocycles. The molecule has 0 unspecified atom stereocenters. The lowest BCUT2D eigenvalue weighted by Crippen LogP contribution is -2.39. The van der Waals surface area contributed by atoms with E-state index in [0.717, 1.165) is 29.4 Å². The van der Waals surface area contributed by atoms with Crippen molar-refractivity contribution < 1.29 is 13.9 Å². The predicted octanol–water partition coefficient (Wildman–Crippen LogP) is 4.53. The Hall–Kier alpha value is -2.50. The monoisotopic (exact) mass is 398 g/mol. The summed E-state index contributed by atoms with van der Waals surface area (Å²) in [7, 11) is 0. The second-order valence-corrected chi connectivity index (χ2v) is 7.36. The quantitative estimate of drug-likeness (QED) is 0.657. The first-order chi connectivity index (χ1) is 13.6. The van der Waals surface area contributed by atoms with Gasteiger partial charge in [-0.15, -0.1) is 0 Å². The number of nitrogens with zero attached hydrogens (tertiary/aromatic N) is 1. The van der Waals surface area contributed by atoms with Crippen LogP contribution in [0.25, 0.3) is 10.8 Å². The fourth-order valence-corrected chi connectivity index (χ4v) is 3.67. The number of aromatic nitrogens is 1. The Labute approximate surface area is 167 Å². The van der Waals surface area contributed by atoms with Gasteiger partial charge in [-0.25, -0.2) is 9.37 Å². The summed E-state index contributed by atoms with van der Waals surface area (Å²) in [6, 6.07) is 12.5. The molecule has 28 heavy (non-hydrogen) atoms. The summed E-state index contributed by atoms with van der Waals surface area (Å²) in [5.74, 6) is -0.872. The molecule has 0 saturated carbocycles. The Morgan fingerprint density at radius 3 is 2.64 bits per heavy atom. The molecule has 0 bridgehead atoms. The van der Waals surface area contributed by atoms with E-state index in [2.05, 4.69) is 10.3 Å². The third kappa shape index (κ3) is 4.01. The minimum absolute atomic E-state index is 0.0102. The fraction of sp³-hybridized carbons (Fsp3) is 0.273. The van der Waals surface area contributed by atoms with Gasteiger partial charge in [0.15, 0.2) is 0 Å². The molecule has 1 aromatic heterocycles. The summed E-state index contributed by atoms with van der Waals surface area (Å²) >= 11 is 5.87. The molecular weight excluding hydrogens is 379 g/mol. The van der Waals surface area contributed by atoms with Crippen molar-refractivity contribution in [3.63, 3.8) is 0 Å². The lowest BCUT2D eigenvalue weighted by Gasteiger charge is -2.23. The van der Waals surface area contributed by atoms with Crippen LogP contribution in [0, 0.1) is 5.82 Å². The maximum atomic E-state index is 15.1. The van der Waals surface area contributed by atoms with E-state index in [9.17, 15) is 4.79 Å². The van der Waals surface area contributed by atoms with Crippen molar-refractivity contribution in [3.05, 3.63) is 76.3 Å². The van der Waals surface area contributed by atoms with Gasteiger partial charge in [-0.2, -0.15) is 0 Å². The number of benzene rings is 2. The molecule has 1 N–H and O–H groups in total. The number of carbonyl (C=O) groups is 1. The van der Waals surface area contributed by atoms with Crippen LogP contribution in [-0.2, 0) is 11.2 Å². The van der Waals surface area contributed by atoms with Gasteiger partial charge in [0.1, 0.15) is 11.0 Å². The van der Waals surface area contributed by atoms with Gasteiger partial charge in [-0.05, 0) is 47.9 Å². The second kappa shape index (κ2) is 8.25. The fourth-order valence-electron chi connectivity index (χ4n) is 3.56. The van der Waals surface area contributed by atoms with Crippen LogP contribution in [0.15, 0.2) is 48.7 Å². The largest absolute Gasteiger partial charge is 0.381 e. The first kappa shape index (κ1) is 18.8. The zero-order chi connectivity index (χ0) is 19.5. The lowest BCUT2D eigenvalue weighted by molar-refractivity contribution is 0.0695. The van der Waals surface area contributed by atoms with Crippen LogP contribution in [0.2, 0.25) is 5.15 Å². The average Bonchev–Trinajstić information content (AvgIpc) is 2.72. The highest BCUT2D eigenvalue weighted by Crippen LogP contribution is 2.27. The summed E-state index contributed by atoms with van der Waals surface area (Å²) in [5, 5.41) is 4.60. The number of rotatable bonds is 4. The zero-order valence-corrected chi connectivity index (χ0v) is 16.0. The number of amides is 1. The summed E-state index contributed by atoms with van der Waals surface area (Å²) in [5.41, 5.74) is 1.89. The van der Waals surface area contributed by atoms with Crippen molar-refractivity contribution in [1.82, 2.24) is 10.3 Å². The summed E-state index contributed by atoms with van der Waals surface area (Å²) < 4.78 is 20.5. The first-order valence-corrected chi connectivity index (χ1v) is 9.69. The number of pyridine rings is 1. The van der Waals surface area contributed by atoms with E-state index in [4.69, 9.17) is 16.3 Å². The number of ether oxygens (including phenoxy) is 1. The molecule has 2 aromatic carbocycles. The van der Waals surface area contributed by atoms with E-state index in [1.807, 2.05) is 18.2 Å². The maximum absolute atomic E-state index is 15.1. The smallest absolute Gasteiger partial charge is 0.254 e. The molecule has 6 heteroatoms. The first-order valence-electron chi connectivity index (χ1n) is 9.31. The molecule has 2 heterocycles. The van der Waals surface area contributed by atoms with Gasteiger partial charge in [0.05, 0.1) is 5.56 Å². The number of carbonyl (C=O) groups excluding carboxylic acids is 1. The minimum atomic E-state index is -0.488. The third-order valence-corrected chi connectivity index (χ3v) is 5.27. The van der Waals surface area contributed by atoms with E-state index >= 15 is 4.39 Å². The van der Waals surface area contributed by atoms with Gasteiger partial charge < -0.3 is 10.1 Å². The second-order valence-electron chi connectivity index (χ2n) is 6.97. The van der Waals surface area contributed by atoms with Crippen LogP contribution in [0.4, 0.5) is 4.39 Å². The van der Waals surface area contributed by atoms with Gasteiger partial charge in [-0.3, -0.25) is 4.79 Å². The molecular formula is C22H20ClFN2O2. The molecule has 1 aliphatic rings. The predicted molar refractivity (Wildman–Crippen MR) is 107 cm³/mol. The van der Waals surface area contributed by atoms with Crippen LogP contribution in [0.3, 0.4) is 0 Å². The Morgan fingerprint density at radius 1 is 1.18 bits per heavy atom. The molecule has 0 spiro atoms. The van der Waals surface area contributed by atoms with Crippen LogP contribution in [0.1, 0.15) is 34.3 Å². The number of halogens is 2. The maximum Gasteiger partial charge on any atom is 0.254 e. The van der Waals surface area contributed by atoms with Crippen molar-refractivity contribution >= 4 is 28.3 Å². The van der Waals surface area contributed by atoms with Crippen molar-refractivity contribution in [2.45, 2.75) is 25.3 Å². The minimum Gasteiger partial charge on any atom is -0.381 e. The lowest BCUT2D eigenvalue weighted by atomic mass is 9.95. The molecule has 3 aromatic rings. The number of nitrogens with one attached hydrogen (secondary N) is 1. The number of hydrogen-bond donors (Lipinski definition) is 1. The van der Waals surface area contributed by atoms with Gasteiger partial charge >= 0.3 is 0 Å². The standard InChI is InChI=1S/C22H20ClFN2O2/c23-20-6-5-14(13-25-20)11-15-12-19(21(24)18-4-2-1-3-17(15)18)22(27)26-16-7-9-28-10-8-16/h1-6,12-13,16H,7-11H2,(H,26,27). The van der Waals surface area contributed by atoms with E-state index in [1.54, 1.807) is 30.5 Å². The Morgan fingerprint density at radius 2 is 1.93 bits per heavy atom. The summed E-state index contributed by atoms with van der Waals surface area (Å²) in [6.45, 7) is 1.22. The van der Waals surface area contributed by atoms with E-state index < -0.39 is 5.82 Å². The van der Waals surface area contributed by atoms with E-state index in [-0.39, 0.29) is 17.5 Å².